The Balaban J connectivity index is 1.46. The maximum Gasteiger partial charge on any atom is 0.338 e. The fourth-order valence-corrected chi connectivity index (χ4v) is 5.60. The molecule has 6 heteroatoms. The highest BCUT2D eigenvalue weighted by Gasteiger charge is 2.39. The summed E-state index contributed by atoms with van der Waals surface area (Å²) in [7, 11) is 0. The van der Waals surface area contributed by atoms with Crippen LogP contribution in [-0.2, 0) is 31.2 Å². The van der Waals surface area contributed by atoms with Gasteiger partial charge in [-0.25, -0.2) is 4.79 Å². The summed E-state index contributed by atoms with van der Waals surface area (Å²) in [5, 5.41) is 10.9. The van der Waals surface area contributed by atoms with Crippen LogP contribution in [0.1, 0.15) is 133 Å². The van der Waals surface area contributed by atoms with Crippen LogP contribution in [0.4, 0.5) is 0 Å². The van der Waals surface area contributed by atoms with Gasteiger partial charge in [0.15, 0.2) is 0 Å². The molecule has 1 N–H and O–H groups in total. The number of aromatic hydroxyl groups is 1. The highest BCUT2D eigenvalue weighted by Crippen LogP contribution is 2.47. The Morgan fingerprint density at radius 1 is 0.733 bits per heavy atom. The first-order valence-electron chi connectivity index (χ1n) is 15.8. The van der Waals surface area contributed by atoms with Gasteiger partial charge in [-0.3, -0.25) is 4.79 Å². The fourth-order valence-electron chi connectivity index (χ4n) is 5.60. The van der Waals surface area contributed by atoms with Gasteiger partial charge in [0.2, 0.25) is 0 Å². The van der Waals surface area contributed by atoms with E-state index in [1.807, 2.05) is 65.8 Å². The third-order valence-corrected chi connectivity index (χ3v) is 8.30. The summed E-state index contributed by atoms with van der Waals surface area (Å²) in [6.07, 6.45) is 0. The van der Waals surface area contributed by atoms with E-state index in [9.17, 15) is 14.7 Å². The van der Waals surface area contributed by atoms with Gasteiger partial charge in [0.1, 0.15) is 36.4 Å². The summed E-state index contributed by atoms with van der Waals surface area (Å²) in [5.74, 6) is 0.241. The van der Waals surface area contributed by atoms with E-state index >= 15 is 0 Å². The van der Waals surface area contributed by atoms with Crippen LogP contribution in [0.3, 0.4) is 0 Å². The van der Waals surface area contributed by atoms with Gasteiger partial charge in [-0.1, -0.05) is 107 Å². The van der Waals surface area contributed by atoms with Crippen LogP contribution >= 0.6 is 0 Å². The quantitative estimate of drug-likeness (QED) is 0.170. The molecule has 3 aromatic rings. The van der Waals surface area contributed by atoms with Gasteiger partial charge >= 0.3 is 11.9 Å². The zero-order valence-electron chi connectivity index (χ0n) is 29.1. The number of ether oxygens (including phenoxy) is 3. The van der Waals surface area contributed by atoms with Crippen molar-refractivity contribution < 1.29 is 28.9 Å². The van der Waals surface area contributed by atoms with Crippen molar-refractivity contribution in [1.29, 1.82) is 0 Å². The molecule has 0 aromatic heterocycles. The third kappa shape index (κ3) is 7.37. The second-order valence-electron chi connectivity index (χ2n) is 16.3. The van der Waals surface area contributed by atoms with E-state index in [1.54, 1.807) is 12.1 Å². The number of carbonyl (C=O) groups excluding carboxylic acids is 2. The Labute approximate surface area is 269 Å². The van der Waals surface area contributed by atoms with Gasteiger partial charge in [0.25, 0.3) is 0 Å². The van der Waals surface area contributed by atoms with Crippen molar-refractivity contribution in [1.82, 2.24) is 0 Å². The van der Waals surface area contributed by atoms with E-state index in [0.29, 0.717) is 28.2 Å². The first-order chi connectivity index (χ1) is 20.6. The molecule has 0 amide bonds. The van der Waals surface area contributed by atoms with Crippen LogP contribution in [-0.4, -0.2) is 30.3 Å². The number of benzene rings is 3. The topological polar surface area (TPSA) is 82.1 Å². The van der Waals surface area contributed by atoms with E-state index in [1.165, 1.54) is 5.56 Å². The lowest BCUT2D eigenvalue weighted by Crippen LogP contribution is -2.20. The zero-order chi connectivity index (χ0) is 33.7. The Kier molecular flexibility index (Phi) is 8.97. The number of phenolic OH excluding ortho intramolecular Hbond substituents is 1. The molecule has 1 unspecified atom stereocenters. The molecular formula is C39H50O6. The second-order valence-corrected chi connectivity index (χ2v) is 16.3. The fraction of sp³-hybridized carbons (Fsp3) is 0.487. The summed E-state index contributed by atoms with van der Waals surface area (Å²) in [4.78, 5) is 26.2. The van der Waals surface area contributed by atoms with E-state index < -0.39 is 11.9 Å². The minimum absolute atomic E-state index is 0.0602. The monoisotopic (exact) mass is 614 g/mol. The first kappa shape index (κ1) is 34.1. The highest BCUT2D eigenvalue weighted by atomic mass is 16.6. The number of fused-ring (bicyclic) bond motifs is 1. The van der Waals surface area contributed by atoms with Crippen LogP contribution in [0.2, 0.25) is 0 Å². The van der Waals surface area contributed by atoms with Crippen LogP contribution in [0.5, 0.6) is 17.2 Å². The maximum atomic E-state index is 13.2. The molecule has 45 heavy (non-hydrogen) atoms. The predicted octanol–water partition coefficient (Wildman–Crippen LogP) is 8.87. The van der Waals surface area contributed by atoms with Gasteiger partial charge in [-0.15, -0.1) is 0 Å². The highest BCUT2D eigenvalue weighted by molar-refractivity contribution is 5.91. The molecule has 0 saturated heterocycles. The summed E-state index contributed by atoms with van der Waals surface area (Å²) in [6.45, 7) is 25.2. The molecule has 0 bridgehead atoms. The molecule has 6 nitrogen and oxygen atoms in total. The molecule has 1 aliphatic rings. The molecule has 1 aliphatic heterocycles. The van der Waals surface area contributed by atoms with Crippen LogP contribution in [0, 0.1) is 0 Å². The normalized spacial score (nSPS) is 15.5. The van der Waals surface area contributed by atoms with Gasteiger partial charge in [-0.2, -0.15) is 0 Å². The van der Waals surface area contributed by atoms with Gasteiger partial charge < -0.3 is 19.3 Å². The zero-order valence-corrected chi connectivity index (χ0v) is 29.1. The second kappa shape index (κ2) is 11.9. The number of carbonyl (C=O) groups is 2. The summed E-state index contributed by atoms with van der Waals surface area (Å²) >= 11 is 0. The molecule has 0 aliphatic carbocycles. The van der Waals surface area contributed by atoms with E-state index in [2.05, 4.69) is 53.7 Å². The summed E-state index contributed by atoms with van der Waals surface area (Å²) < 4.78 is 17.3. The average Bonchev–Trinajstić information content (AvgIpc) is 3.24. The van der Waals surface area contributed by atoms with Crippen molar-refractivity contribution in [3.05, 3.63) is 87.5 Å². The number of esters is 2. The minimum Gasteiger partial charge on any atom is -0.507 e. The molecule has 0 saturated carbocycles. The van der Waals surface area contributed by atoms with Crippen molar-refractivity contribution in [3.63, 3.8) is 0 Å². The maximum absolute atomic E-state index is 13.2. The van der Waals surface area contributed by atoms with Crippen LogP contribution in [0.15, 0.2) is 48.5 Å². The Hall–Kier alpha value is -3.80. The third-order valence-electron chi connectivity index (χ3n) is 8.30. The lowest BCUT2D eigenvalue weighted by Gasteiger charge is -2.28. The Morgan fingerprint density at radius 3 is 1.76 bits per heavy atom. The Bertz CT molecular complexity index is 1550. The number of phenols is 1. The van der Waals surface area contributed by atoms with Crippen LogP contribution in [0.25, 0.3) is 0 Å². The predicted molar refractivity (Wildman–Crippen MR) is 179 cm³/mol. The van der Waals surface area contributed by atoms with Crippen molar-refractivity contribution in [2.75, 3.05) is 13.2 Å². The molecule has 242 valence electrons. The van der Waals surface area contributed by atoms with Crippen molar-refractivity contribution in [2.24, 2.45) is 0 Å². The standard InChI is InChI=1S/C39H50O6/c1-36(2,3)25-21-27-31(35(42)45-33(27)30(22-25)39(10,11)12)23-13-15-26(16-14-23)43-17-18-44-34(41)24-19-28(37(4,5)6)32(40)29(20-24)38(7,8)9/h13-16,19-22,31,40H,17-18H2,1-12H3. The molecule has 3 aromatic carbocycles. The molecule has 0 fully saturated rings. The SMILES string of the molecule is CC(C)(C)c1cc2c(c(C(C)(C)C)c1)OC(=O)C2c1ccc(OCCOC(=O)c2cc(C(C)(C)C)c(O)c(C(C)(C)C)c2)cc1. The number of hydrogen-bond acceptors (Lipinski definition) is 6. The largest absolute Gasteiger partial charge is 0.507 e. The molecule has 1 atom stereocenters. The van der Waals surface area contributed by atoms with Crippen molar-refractivity contribution >= 4 is 11.9 Å². The van der Waals surface area contributed by atoms with E-state index in [0.717, 1.165) is 16.7 Å². The Morgan fingerprint density at radius 2 is 1.27 bits per heavy atom. The smallest absolute Gasteiger partial charge is 0.338 e. The van der Waals surface area contributed by atoms with Gasteiger partial charge in [0.05, 0.1) is 5.56 Å². The van der Waals surface area contributed by atoms with E-state index in [4.69, 9.17) is 14.2 Å². The molecule has 0 radical (unpaired) electrons. The van der Waals surface area contributed by atoms with Crippen molar-refractivity contribution in [3.8, 4) is 17.2 Å². The van der Waals surface area contributed by atoms with Crippen molar-refractivity contribution in [2.45, 2.75) is 111 Å². The summed E-state index contributed by atoms with van der Waals surface area (Å²) in [5.41, 5.74) is 4.77. The average molecular weight is 615 g/mol. The lowest BCUT2D eigenvalue weighted by molar-refractivity contribution is -0.133. The summed E-state index contributed by atoms with van der Waals surface area (Å²) in [6, 6.07) is 15.1. The molecular weight excluding hydrogens is 564 g/mol. The van der Waals surface area contributed by atoms with Gasteiger partial charge in [0, 0.05) is 22.3 Å². The lowest BCUT2D eigenvalue weighted by atomic mass is 9.77. The van der Waals surface area contributed by atoms with Gasteiger partial charge in [-0.05, 0) is 57.1 Å². The first-order valence-corrected chi connectivity index (χ1v) is 15.8. The number of rotatable bonds is 6. The van der Waals surface area contributed by atoms with E-state index in [-0.39, 0.29) is 46.6 Å². The number of hydrogen-bond donors (Lipinski definition) is 1. The van der Waals surface area contributed by atoms with Crippen LogP contribution < -0.4 is 9.47 Å². The molecule has 0 spiro atoms. The minimum atomic E-state index is -0.514. The molecule has 4 rings (SSSR count). The molecule has 1 heterocycles.